The maximum Gasteiger partial charge on any atom is 0.267 e. The first-order chi connectivity index (χ1) is 11.4. The molecular formula is C18H15BrClN3O. The van der Waals surface area contributed by atoms with E-state index in [2.05, 4.69) is 26.6 Å². The minimum atomic E-state index is -0.501. The van der Waals surface area contributed by atoms with Crippen LogP contribution in [0.25, 0.3) is 0 Å². The zero-order valence-corrected chi connectivity index (χ0v) is 15.5. The lowest BCUT2D eigenvalue weighted by Crippen LogP contribution is -2.15. The number of amides is 1. The van der Waals surface area contributed by atoms with Gasteiger partial charge in [0.25, 0.3) is 5.91 Å². The van der Waals surface area contributed by atoms with Crippen LogP contribution in [0.5, 0.6) is 0 Å². The second kappa shape index (κ2) is 8.00. The minimum Gasteiger partial charge on any atom is -0.359 e. The maximum absolute atomic E-state index is 12.3. The van der Waals surface area contributed by atoms with Crippen molar-refractivity contribution < 1.29 is 4.79 Å². The Hall–Kier alpha value is -2.29. The van der Waals surface area contributed by atoms with Crippen molar-refractivity contribution in [3.8, 4) is 6.07 Å². The van der Waals surface area contributed by atoms with Crippen LogP contribution in [0.1, 0.15) is 11.1 Å². The predicted octanol–water partition coefficient (Wildman–Crippen LogP) is 5.18. The van der Waals surface area contributed by atoms with Crippen molar-refractivity contribution in [1.29, 1.82) is 5.26 Å². The molecule has 1 amide bonds. The topological polar surface area (TPSA) is 64.9 Å². The van der Waals surface area contributed by atoms with Gasteiger partial charge in [-0.3, -0.25) is 4.79 Å². The third-order valence-corrected chi connectivity index (χ3v) is 4.20. The summed E-state index contributed by atoms with van der Waals surface area (Å²) in [6.45, 7) is 3.83. The molecule has 0 aliphatic heterocycles. The number of nitriles is 1. The molecule has 4 nitrogen and oxygen atoms in total. The number of halogens is 2. The van der Waals surface area contributed by atoms with Gasteiger partial charge in [-0.1, -0.05) is 23.7 Å². The summed E-state index contributed by atoms with van der Waals surface area (Å²) in [6, 6.07) is 12.8. The highest BCUT2D eigenvalue weighted by molar-refractivity contribution is 9.10. The van der Waals surface area contributed by atoms with Crippen LogP contribution in [0, 0.1) is 25.2 Å². The SMILES string of the molecule is Cc1ccc(N/C=C(/C#N)C(=O)Nc2cc(Cl)ccc2C)c(Br)c1. The summed E-state index contributed by atoms with van der Waals surface area (Å²) < 4.78 is 0.849. The number of carbonyl (C=O) groups is 1. The molecule has 2 aromatic rings. The fourth-order valence-electron chi connectivity index (χ4n) is 1.95. The van der Waals surface area contributed by atoms with Crippen molar-refractivity contribution in [2.45, 2.75) is 13.8 Å². The van der Waals surface area contributed by atoms with Crippen LogP contribution in [0.3, 0.4) is 0 Å². The largest absolute Gasteiger partial charge is 0.359 e. The van der Waals surface area contributed by atoms with Crippen LogP contribution in [0.15, 0.2) is 52.6 Å². The standard InChI is InChI=1S/C18H15BrClN3O/c1-11-3-6-16(15(19)7-11)22-10-13(9-21)18(24)23-17-8-14(20)5-4-12(17)2/h3-8,10,22H,1-2H3,(H,23,24)/b13-10-. The highest BCUT2D eigenvalue weighted by Crippen LogP contribution is 2.24. The summed E-state index contributed by atoms with van der Waals surface area (Å²) in [5.74, 6) is -0.501. The molecular weight excluding hydrogens is 390 g/mol. The molecule has 2 aromatic carbocycles. The van der Waals surface area contributed by atoms with Gasteiger partial charge >= 0.3 is 0 Å². The van der Waals surface area contributed by atoms with Gasteiger partial charge in [-0.15, -0.1) is 0 Å². The van der Waals surface area contributed by atoms with Crippen LogP contribution < -0.4 is 10.6 Å². The summed E-state index contributed by atoms with van der Waals surface area (Å²) in [6.07, 6.45) is 1.38. The molecule has 122 valence electrons. The van der Waals surface area contributed by atoms with Crippen LogP contribution in [-0.4, -0.2) is 5.91 Å². The lowest BCUT2D eigenvalue weighted by atomic mass is 10.2. The van der Waals surface area contributed by atoms with Crippen molar-refractivity contribution in [1.82, 2.24) is 0 Å². The Kier molecular flexibility index (Phi) is 6.02. The number of rotatable bonds is 4. The molecule has 0 atom stereocenters. The zero-order chi connectivity index (χ0) is 17.7. The van der Waals surface area contributed by atoms with Gasteiger partial charge in [0.15, 0.2) is 0 Å². The fourth-order valence-corrected chi connectivity index (χ4v) is 2.73. The van der Waals surface area contributed by atoms with E-state index < -0.39 is 5.91 Å². The molecule has 0 unspecified atom stereocenters. The number of hydrogen-bond acceptors (Lipinski definition) is 3. The van der Waals surface area contributed by atoms with E-state index in [9.17, 15) is 10.1 Å². The Morgan fingerprint density at radius 1 is 1.21 bits per heavy atom. The molecule has 24 heavy (non-hydrogen) atoms. The molecule has 2 N–H and O–H groups in total. The third kappa shape index (κ3) is 4.60. The number of aryl methyl sites for hydroxylation is 2. The average molecular weight is 405 g/mol. The first-order valence-electron chi connectivity index (χ1n) is 7.11. The molecule has 0 aromatic heterocycles. The number of carbonyl (C=O) groups excluding carboxylic acids is 1. The highest BCUT2D eigenvalue weighted by atomic mass is 79.9. The lowest BCUT2D eigenvalue weighted by molar-refractivity contribution is -0.112. The van der Waals surface area contributed by atoms with Crippen LogP contribution in [0.2, 0.25) is 5.02 Å². The fraction of sp³-hybridized carbons (Fsp3) is 0.111. The molecule has 0 aliphatic rings. The Bertz CT molecular complexity index is 856. The number of anilines is 2. The van der Waals surface area contributed by atoms with Crippen molar-refractivity contribution in [3.05, 3.63) is 68.8 Å². The summed E-state index contributed by atoms with van der Waals surface area (Å²) >= 11 is 9.37. The number of nitrogens with zero attached hydrogens (tertiary/aromatic N) is 1. The van der Waals surface area contributed by atoms with E-state index in [-0.39, 0.29) is 5.57 Å². The number of nitrogens with one attached hydrogen (secondary N) is 2. The normalized spacial score (nSPS) is 10.9. The zero-order valence-electron chi connectivity index (χ0n) is 13.2. The van der Waals surface area contributed by atoms with Gasteiger partial charge in [0.05, 0.1) is 5.69 Å². The molecule has 0 spiro atoms. The van der Waals surface area contributed by atoms with E-state index in [0.717, 1.165) is 21.3 Å². The molecule has 0 fully saturated rings. The van der Waals surface area contributed by atoms with Crippen LogP contribution >= 0.6 is 27.5 Å². The van der Waals surface area contributed by atoms with Gasteiger partial charge in [0.1, 0.15) is 11.6 Å². The molecule has 0 radical (unpaired) electrons. The third-order valence-electron chi connectivity index (χ3n) is 3.31. The quantitative estimate of drug-likeness (QED) is 0.545. The molecule has 0 heterocycles. The lowest BCUT2D eigenvalue weighted by Gasteiger charge is -2.09. The summed E-state index contributed by atoms with van der Waals surface area (Å²) in [4.78, 5) is 12.3. The Morgan fingerprint density at radius 3 is 2.62 bits per heavy atom. The Balaban J connectivity index is 2.16. The number of hydrogen-bond donors (Lipinski definition) is 2. The summed E-state index contributed by atoms with van der Waals surface area (Å²) in [7, 11) is 0. The summed E-state index contributed by atoms with van der Waals surface area (Å²) in [5.41, 5.74) is 3.26. The van der Waals surface area contributed by atoms with Crippen molar-refractivity contribution in [3.63, 3.8) is 0 Å². The van der Waals surface area contributed by atoms with Crippen molar-refractivity contribution >= 4 is 44.8 Å². The first kappa shape index (κ1) is 18.1. The molecule has 0 bridgehead atoms. The molecule has 0 saturated heterocycles. The van der Waals surface area contributed by atoms with E-state index in [0.29, 0.717) is 10.7 Å². The smallest absolute Gasteiger partial charge is 0.267 e. The van der Waals surface area contributed by atoms with Crippen LogP contribution in [-0.2, 0) is 4.79 Å². The van der Waals surface area contributed by atoms with Gasteiger partial charge in [0, 0.05) is 21.4 Å². The second-order valence-electron chi connectivity index (χ2n) is 5.21. The monoisotopic (exact) mass is 403 g/mol. The van der Waals surface area contributed by atoms with Gasteiger partial charge in [-0.05, 0) is 65.2 Å². The Labute approximate surface area is 154 Å². The molecule has 0 saturated carbocycles. The molecule has 6 heteroatoms. The van der Waals surface area contributed by atoms with E-state index >= 15 is 0 Å². The van der Waals surface area contributed by atoms with E-state index in [1.165, 1.54) is 6.20 Å². The Morgan fingerprint density at radius 2 is 1.96 bits per heavy atom. The predicted molar refractivity (Wildman–Crippen MR) is 101 cm³/mol. The maximum atomic E-state index is 12.3. The second-order valence-corrected chi connectivity index (χ2v) is 6.50. The van der Waals surface area contributed by atoms with E-state index in [1.54, 1.807) is 18.2 Å². The summed E-state index contributed by atoms with van der Waals surface area (Å²) in [5, 5.41) is 15.4. The first-order valence-corrected chi connectivity index (χ1v) is 8.28. The van der Waals surface area contributed by atoms with Crippen LogP contribution in [0.4, 0.5) is 11.4 Å². The van der Waals surface area contributed by atoms with E-state index in [1.807, 2.05) is 38.1 Å². The molecule has 0 aliphatic carbocycles. The van der Waals surface area contributed by atoms with E-state index in [4.69, 9.17) is 11.6 Å². The van der Waals surface area contributed by atoms with Crippen molar-refractivity contribution in [2.24, 2.45) is 0 Å². The highest BCUT2D eigenvalue weighted by Gasteiger charge is 2.11. The van der Waals surface area contributed by atoms with Gasteiger partial charge in [0.2, 0.25) is 0 Å². The number of benzene rings is 2. The van der Waals surface area contributed by atoms with Gasteiger partial charge < -0.3 is 10.6 Å². The average Bonchev–Trinajstić information content (AvgIpc) is 2.53. The van der Waals surface area contributed by atoms with Gasteiger partial charge in [-0.25, -0.2) is 0 Å². The molecule has 2 rings (SSSR count). The minimum absolute atomic E-state index is 0.0400. The van der Waals surface area contributed by atoms with Gasteiger partial charge in [-0.2, -0.15) is 5.26 Å². The van der Waals surface area contributed by atoms with Crippen molar-refractivity contribution in [2.75, 3.05) is 10.6 Å².